The quantitative estimate of drug-likeness (QED) is 0.848. The minimum atomic E-state index is -0.0468. The fourth-order valence-corrected chi connectivity index (χ4v) is 3.21. The van der Waals surface area contributed by atoms with E-state index in [4.69, 9.17) is 0 Å². The lowest BCUT2D eigenvalue weighted by molar-refractivity contribution is 0.0421. The van der Waals surface area contributed by atoms with E-state index in [9.17, 15) is 5.11 Å². The molecule has 0 spiro atoms. The number of aryl methyl sites for hydroxylation is 2. The highest BCUT2D eigenvalue weighted by Crippen LogP contribution is 2.28. The molecule has 0 aliphatic heterocycles. The Morgan fingerprint density at radius 2 is 2.19 bits per heavy atom. The van der Waals surface area contributed by atoms with Crippen molar-refractivity contribution >= 4 is 11.3 Å². The van der Waals surface area contributed by atoms with Gasteiger partial charge in [0.2, 0.25) is 0 Å². The molecule has 0 radical (unpaired) electrons. The first-order valence-electron chi connectivity index (χ1n) is 5.91. The molecule has 0 saturated heterocycles. The van der Waals surface area contributed by atoms with Gasteiger partial charge in [0.15, 0.2) is 0 Å². The van der Waals surface area contributed by atoms with E-state index in [1.54, 1.807) is 11.3 Å². The van der Waals surface area contributed by atoms with Gasteiger partial charge in [-0.05, 0) is 46.1 Å². The lowest BCUT2D eigenvalue weighted by Gasteiger charge is -2.32. The summed E-state index contributed by atoms with van der Waals surface area (Å²) in [5.41, 5.74) is 1.15. The van der Waals surface area contributed by atoms with Gasteiger partial charge in [-0.3, -0.25) is 0 Å². The highest BCUT2D eigenvalue weighted by atomic mass is 32.1. The number of aromatic nitrogens is 1. The smallest absolute Gasteiger partial charge is 0.0900 e. The van der Waals surface area contributed by atoms with Gasteiger partial charge in [-0.2, -0.15) is 0 Å². The Morgan fingerprint density at radius 3 is 2.69 bits per heavy atom. The van der Waals surface area contributed by atoms with E-state index in [1.807, 2.05) is 0 Å². The van der Waals surface area contributed by atoms with Crippen molar-refractivity contribution in [2.75, 3.05) is 6.54 Å². The standard InChI is InChI=1S/C12H20N2OS/c1-7(12-8(2)14-9(3)16-12)13-6-10-4-11(15)5-10/h7,10-11,13,15H,4-6H2,1-3H3. The molecular weight excluding hydrogens is 220 g/mol. The van der Waals surface area contributed by atoms with Crippen LogP contribution in [0.4, 0.5) is 0 Å². The van der Waals surface area contributed by atoms with Gasteiger partial charge in [-0.1, -0.05) is 0 Å². The van der Waals surface area contributed by atoms with Gasteiger partial charge in [0.25, 0.3) is 0 Å². The zero-order valence-corrected chi connectivity index (χ0v) is 11.0. The van der Waals surface area contributed by atoms with Crippen LogP contribution >= 0.6 is 11.3 Å². The lowest BCUT2D eigenvalue weighted by Crippen LogP contribution is -2.36. The van der Waals surface area contributed by atoms with Crippen LogP contribution < -0.4 is 5.32 Å². The van der Waals surface area contributed by atoms with Crippen LogP contribution in [-0.4, -0.2) is 22.7 Å². The maximum Gasteiger partial charge on any atom is 0.0900 e. The Kier molecular flexibility index (Phi) is 3.62. The van der Waals surface area contributed by atoms with Gasteiger partial charge in [0.1, 0.15) is 0 Å². The molecule has 1 aromatic rings. The third kappa shape index (κ3) is 2.62. The maximum absolute atomic E-state index is 9.21. The second-order valence-electron chi connectivity index (χ2n) is 4.80. The predicted octanol–water partition coefficient (Wildman–Crippen LogP) is 2.18. The van der Waals surface area contributed by atoms with Gasteiger partial charge in [-0.15, -0.1) is 11.3 Å². The highest BCUT2D eigenvalue weighted by Gasteiger charge is 2.27. The molecular formula is C12H20N2OS. The molecule has 4 heteroatoms. The molecule has 1 unspecified atom stereocenters. The van der Waals surface area contributed by atoms with Crippen LogP contribution in [0.3, 0.4) is 0 Å². The molecule has 1 aliphatic rings. The Hall–Kier alpha value is -0.450. The molecule has 0 aromatic carbocycles. The third-order valence-corrected chi connectivity index (χ3v) is 4.51. The molecule has 0 amide bonds. The van der Waals surface area contributed by atoms with Crippen molar-refractivity contribution in [2.45, 2.75) is 45.8 Å². The van der Waals surface area contributed by atoms with Crippen molar-refractivity contribution in [1.82, 2.24) is 10.3 Å². The Balaban J connectivity index is 1.83. The minimum absolute atomic E-state index is 0.0468. The van der Waals surface area contributed by atoms with E-state index in [1.165, 1.54) is 4.88 Å². The Morgan fingerprint density at radius 1 is 1.50 bits per heavy atom. The van der Waals surface area contributed by atoms with Crippen LogP contribution in [0.15, 0.2) is 0 Å². The first-order chi connectivity index (χ1) is 7.56. The molecule has 1 heterocycles. The summed E-state index contributed by atoms with van der Waals surface area (Å²) >= 11 is 1.78. The van der Waals surface area contributed by atoms with Gasteiger partial charge < -0.3 is 10.4 Å². The number of aliphatic hydroxyl groups is 1. The van der Waals surface area contributed by atoms with Crippen molar-refractivity contribution in [2.24, 2.45) is 5.92 Å². The summed E-state index contributed by atoms with van der Waals surface area (Å²) in [6.45, 7) is 7.32. The van der Waals surface area contributed by atoms with Crippen molar-refractivity contribution in [3.63, 3.8) is 0 Å². The molecule has 2 N–H and O–H groups in total. The van der Waals surface area contributed by atoms with Crippen molar-refractivity contribution in [1.29, 1.82) is 0 Å². The molecule has 1 fully saturated rings. The van der Waals surface area contributed by atoms with Crippen LogP contribution in [0.25, 0.3) is 0 Å². The normalized spacial score (nSPS) is 26.5. The number of rotatable bonds is 4. The molecule has 90 valence electrons. The van der Waals surface area contributed by atoms with Crippen LogP contribution in [0, 0.1) is 19.8 Å². The number of nitrogens with one attached hydrogen (secondary N) is 1. The zero-order valence-electron chi connectivity index (χ0n) is 10.2. The molecule has 1 aromatic heterocycles. The first-order valence-corrected chi connectivity index (χ1v) is 6.73. The molecule has 2 rings (SSSR count). The lowest BCUT2D eigenvalue weighted by atomic mass is 9.82. The second-order valence-corrected chi connectivity index (χ2v) is 6.04. The molecule has 0 bridgehead atoms. The van der Waals surface area contributed by atoms with Gasteiger partial charge in [0, 0.05) is 10.9 Å². The zero-order chi connectivity index (χ0) is 11.7. The van der Waals surface area contributed by atoms with Crippen molar-refractivity contribution in [3.05, 3.63) is 15.6 Å². The van der Waals surface area contributed by atoms with Gasteiger partial charge >= 0.3 is 0 Å². The van der Waals surface area contributed by atoms with E-state index in [2.05, 4.69) is 31.1 Å². The van der Waals surface area contributed by atoms with Crippen LogP contribution in [0.1, 0.15) is 41.4 Å². The number of hydrogen-bond donors (Lipinski definition) is 2. The number of nitrogens with zero attached hydrogens (tertiary/aromatic N) is 1. The first kappa shape index (κ1) is 12.0. The highest BCUT2D eigenvalue weighted by molar-refractivity contribution is 7.11. The average molecular weight is 240 g/mol. The van der Waals surface area contributed by atoms with E-state index in [0.29, 0.717) is 12.0 Å². The van der Waals surface area contributed by atoms with Crippen molar-refractivity contribution in [3.8, 4) is 0 Å². The summed E-state index contributed by atoms with van der Waals surface area (Å²) in [5, 5.41) is 13.9. The largest absolute Gasteiger partial charge is 0.393 e. The fourth-order valence-electron chi connectivity index (χ4n) is 2.25. The topological polar surface area (TPSA) is 45.2 Å². The second kappa shape index (κ2) is 4.82. The number of aliphatic hydroxyl groups excluding tert-OH is 1. The maximum atomic E-state index is 9.21. The molecule has 1 atom stereocenters. The molecule has 3 nitrogen and oxygen atoms in total. The summed E-state index contributed by atoms with van der Waals surface area (Å²) in [6.07, 6.45) is 1.87. The Bertz CT molecular complexity index is 358. The van der Waals surface area contributed by atoms with Crippen LogP contribution in [0.2, 0.25) is 0 Å². The van der Waals surface area contributed by atoms with E-state index >= 15 is 0 Å². The number of thiazole rings is 1. The minimum Gasteiger partial charge on any atom is -0.393 e. The van der Waals surface area contributed by atoms with Crippen LogP contribution in [-0.2, 0) is 0 Å². The molecule has 1 saturated carbocycles. The van der Waals surface area contributed by atoms with E-state index in [0.717, 1.165) is 30.1 Å². The number of hydrogen-bond acceptors (Lipinski definition) is 4. The summed E-state index contributed by atoms with van der Waals surface area (Å²) in [6, 6.07) is 0.379. The van der Waals surface area contributed by atoms with E-state index < -0.39 is 0 Å². The third-order valence-electron chi connectivity index (χ3n) is 3.26. The molecule has 16 heavy (non-hydrogen) atoms. The monoisotopic (exact) mass is 240 g/mol. The van der Waals surface area contributed by atoms with Gasteiger partial charge in [0.05, 0.1) is 16.8 Å². The van der Waals surface area contributed by atoms with Gasteiger partial charge in [-0.25, -0.2) is 4.98 Å². The van der Waals surface area contributed by atoms with Crippen molar-refractivity contribution < 1.29 is 5.11 Å². The summed E-state index contributed by atoms with van der Waals surface area (Å²) in [4.78, 5) is 5.79. The van der Waals surface area contributed by atoms with E-state index in [-0.39, 0.29) is 6.10 Å². The fraction of sp³-hybridized carbons (Fsp3) is 0.750. The average Bonchev–Trinajstić information content (AvgIpc) is 2.50. The molecule has 1 aliphatic carbocycles. The summed E-state index contributed by atoms with van der Waals surface area (Å²) in [7, 11) is 0. The van der Waals surface area contributed by atoms with Crippen LogP contribution in [0.5, 0.6) is 0 Å². The predicted molar refractivity (Wildman–Crippen MR) is 66.7 cm³/mol. The SMILES string of the molecule is Cc1nc(C)c(C(C)NCC2CC(O)C2)s1. The Labute approximate surface area is 101 Å². The summed E-state index contributed by atoms with van der Waals surface area (Å²) in [5.74, 6) is 0.659. The summed E-state index contributed by atoms with van der Waals surface area (Å²) < 4.78 is 0.